The van der Waals surface area contributed by atoms with E-state index in [0.29, 0.717) is 5.04 Å². The maximum atomic E-state index is 10.3. The third kappa shape index (κ3) is 2.69. The summed E-state index contributed by atoms with van der Waals surface area (Å²) in [5.74, 6) is 0. The van der Waals surface area contributed by atoms with Gasteiger partial charge in [-0.2, -0.15) is 0 Å². The fraction of sp³-hybridized carbons (Fsp3) is 0.667. The summed E-state index contributed by atoms with van der Waals surface area (Å²) in [7, 11) is -1.41. The number of carbonyl (C=O) groups is 1. The molecule has 3 heteroatoms. The number of hydrogen-bond acceptors (Lipinski definition) is 1. The van der Waals surface area contributed by atoms with Crippen molar-refractivity contribution >= 4 is 37.0 Å². The van der Waals surface area contributed by atoms with Crippen molar-refractivity contribution in [1.82, 2.24) is 0 Å². The molecule has 0 amide bonds. The van der Waals surface area contributed by atoms with Crippen LogP contribution in [0.2, 0.25) is 18.1 Å². The largest absolute Gasteiger partial charge is 0.299 e. The second-order valence-corrected chi connectivity index (χ2v) is 12.0. The van der Waals surface area contributed by atoms with Gasteiger partial charge in [-0.3, -0.25) is 4.79 Å². The van der Waals surface area contributed by atoms with E-state index < -0.39 is 8.07 Å². The molecule has 0 aromatic rings. The predicted molar refractivity (Wildman–Crippen MR) is 65.4 cm³/mol. The van der Waals surface area contributed by atoms with Gasteiger partial charge in [-0.15, -0.1) is 0 Å². The minimum Gasteiger partial charge on any atom is -0.299 e. The molecule has 12 heavy (non-hydrogen) atoms. The van der Waals surface area contributed by atoms with Gasteiger partial charge in [0.1, 0.15) is 6.29 Å². The summed E-state index contributed by atoms with van der Waals surface area (Å²) in [6.07, 6.45) is 2.60. The smallest absolute Gasteiger partial charge is 0.143 e. The molecule has 0 saturated heterocycles. The molecule has 0 aliphatic rings. The second kappa shape index (κ2) is 4.04. The van der Waals surface area contributed by atoms with Crippen molar-refractivity contribution in [2.45, 2.75) is 38.9 Å². The van der Waals surface area contributed by atoms with Crippen molar-refractivity contribution < 1.29 is 4.79 Å². The van der Waals surface area contributed by atoms with E-state index in [1.54, 1.807) is 6.08 Å². The molecule has 0 spiro atoms. The van der Waals surface area contributed by atoms with Crippen LogP contribution in [-0.4, -0.2) is 14.4 Å². The minimum absolute atomic E-state index is 0.322. The first-order chi connectivity index (χ1) is 5.23. The lowest BCUT2D eigenvalue weighted by Gasteiger charge is -2.36. The molecule has 0 heterocycles. The van der Waals surface area contributed by atoms with Gasteiger partial charge in [0.05, 0.1) is 8.07 Å². The first kappa shape index (κ1) is 12.4. The maximum absolute atomic E-state index is 10.3. The van der Waals surface area contributed by atoms with Crippen molar-refractivity contribution in [3.63, 3.8) is 0 Å². The molecule has 0 unspecified atom stereocenters. The van der Waals surface area contributed by atoms with Gasteiger partial charge in [0.2, 0.25) is 0 Å². The highest BCUT2D eigenvalue weighted by atomic mass is 127. The molecule has 0 rings (SSSR count). The maximum Gasteiger partial charge on any atom is 0.143 e. The summed E-state index contributed by atoms with van der Waals surface area (Å²) in [5.41, 5.74) is 0. The Morgan fingerprint density at radius 2 is 1.75 bits per heavy atom. The van der Waals surface area contributed by atoms with Crippen LogP contribution in [0.25, 0.3) is 0 Å². The van der Waals surface area contributed by atoms with Gasteiger partial charge in [0.15, 0.2) is 0 Å². The van der Waals surface area contributed by atoms with Gasteiger partial charge in [-0.25, -0.2) is 0 Å². The molecule has 0 fully saturated rings. The molecule has 0 bridgehead atoms. The van der Waals surface area contributed by atoms with E-state index in [9.17, 15) is 4.79 Å². The average molecular weight is 296 g/mol. The predicted octanol–water partition coefficient (Wildman–Crippen LogP) is 3.55. The zero-order valence-electron chi connectivity index (χ0n) is 8.44. The Labute approximate surface area is 89.8 Å². The van der Waals surface area contributed by atoms with E-state index >= 15 is 0 Å². The molecule has 0 aromatic carbocycles. The van der Waals surface area contributed by atoms with E-state index in [4.69, 9.17) is 0 Å². The Morgan fingerprint density at radius 3 is 2.00 bits per heavy atom. The van der Waals surface area contributed by atoms with Crippen LogP contribution in [0, 0.1) is 0 Å². The summed E-state index contributed by atoms with van der Waals surface area (Å²) in [6.45, 7) is 11.3. The van der Waals surface area contributed by atoms with Crippen LogP contribution in [0.5, 0.6) is 0 Å². The lowest BCUT2D eigenvalue weighted by atomic mass is 10.2. The first-order valence-electron chi connectivity index (χ1n) is 4.05. The summed E-state index contributed by atoms with van der Waals surface area (Å²) < 4.78 is 1.25. The Balaban J connectivity index is 4.85. The lowest BCUT2D eigenvalue weighted by molar-refractivity contribution is -0.104. The number of hydrogen-bond donors (Lipinski definition) is 0. The van der Waals surface area contributed by atoms with Gasteiger partial charge in [0.25, 0.3) is 0 Å². The highest BCUT2D eigenvalue weighted by molar-refractivity contribution is 14.1. The SMILES string of the molecule is CC(C)(C)[Si](C)(C)/C(I)=C/C=O. The van der Waals surface area contributed by atoms with E-state index in [1.165, 1.54) is 3.20 Å². The molecule has 70 valence electrons. The van der Waals surface area contributed by atoms with Crippen molar-refractivity contribution in [3.8, 4) is 0 Å². The van der Waals surface area contributed by atoms with Crippen molar-refractivity contribution in [2.75, 3.05) is 0 Å². The van der Waals surface area contributed by atoms with Gasteiger partial charge in [-0.05, 0) is 14.3 Å². The van der Waals surface area contributed by atoms with Gasteiger partial charge in [-0.1, -0.05) is 56.5 Å². The summed E-state index contributed by atoms with van der Waals surface area (Å²) in [5, 5.41) is 0.322. The number of aldehydes is 1. The molecule has 0 radical (unpaired) electrons. The van der Waals surface area contributed by atoms with E-state index in [2.05, 4.69) is 56.5 Å². The topological polar surface area (TPSA) is 17.1 Å². The third-order valence-corrected chi connectivity index (χ3v) is 12.2. The third-order valence-electron chi connectivity index (χ3n) is 2.69. The first-order valence-corrected chi connectivity index (χ1v) is 8.13. The van der Waals surface area contributed by atoms with Crippen molar-refractivity contribution in [2.24, 2.45) is 0 Å². The second-order valence-electron chi connectivity index (χ2n) is 4.53. The van der Waals surface area contributed by atoms with Crippen LogP contribution >= 0.6 is 22.6 Å². The zero-order valence-corrected chi connectivity index (χ0v) is 11.6. The van der Waals surface area contributed by atoms with Crippen LogP contribution < -0.4 is 0 Å². The highest BCUT2D eigenvalue weighted by Crippen LogP contribution is 2.42. The number of allylic oxidation sites excluding steroid dienone is 1. The van der Waals surface area contributed by atoms with Gasteiger partial charge >= 0.3 is 0 Å². The normalized spacial score (nSPS) is 14.7. The van der Waals surface area contributed by atoms with E-state index in [0.717, 1.165) is 6.29 Å². The molecule has 0 aromatic heterocycles. The quantitative estimate of drug-likeness (QED) is 0.330. The Morgan fingerprint density at radius 1 is 1.33 bits per heavy atom. The molecule has 0 N–H and O–H groups in total. The summed E-state index contributed by atoms with van der Waals surface area (Å²) in [4.78, 5) is 10.3. The monoisotopic (exact) mass is 296 g/mol. The van der Waals surface area contributed by atoms with Gasteiger partial charge in [0, 0.05) is 0 Å². The molecular weight excluding hydrogens is 279 g/mol. The van der Waals surface area contributed by atoms with E-state index in [-0.39, 0.29) is 0 Å². The molecule has 0 saturated carbocycles. The lowest BCUT2D eigenvalue weighted by Crippen LogP contribution is -2.37. The Hall–Kier alpha value is 0.357. The molecule has 1 nitrogen and oxygen atoms in total. The van der Waals surface area contributed by atoms with Crippen LogP contribution in [0.15, 0.2) is 9.28 Å². The standard InChI is InChI=1S/C9H17IOSi/c1-9(2,3)12(4,5)8(10)6-7-11/h6-7H,1-5H3/b8-6+. The summed E-state index contributed by atoms with van der Waals surface area (Å²) in [6, 6.07) is 0. The molecule has 0 aliphatic heterocycles. The minimum atomic E-state index is -1.41. The van der Waals surface area contributed by atoms with E-state index in [1.807, 2.05) is 0 Å². The summed E-state index contributed by atoms with van der Waals surface area (Å²) >= 11 is 2.30. The van der Waals surface area contributed by atoms with Gasteiger partial charge < -0.3 is 0 Å². The number of halogens is 1. The van der Waals surface area contributed by atoms with Crippen LogP contribution in [0.4, 0.5) is 0 Å². The molecule has 0 aliphatic carbocycles. The number of rotatable bonds is 2. The average Bonchev–Trinajstić information content (AvgIpc) is 1.85. The Kier molecular flexibility index (Phi) is 4.16. The molecule has 0 atom stereocenters. The fourth-order valence-electron chi connectivity index (χ4n) is 0.626. The Bertz CT molecular complexity index is 201. The zero-order chi connectivity index (χ0) is 9.99. The van der Waals surface area contributed by atoms with Crippen molar-refractivity contribution in [1.29, 1.82) is 0 Å². The number of carbonyl (C=O) groups excluding carboxylic acids is 1. The van der Waals surface area contributed by atoms with Crippen molar-refractivity contribution in [3.05, 3.63) is 9.28 Å². The van der Waals surface area contributed by atoms with Crippen LogP contribution in [-0.2, 0) is 4.79 Å². The van der Waals surface area contributed by atoms with Crippen LogP contribution in [0.3, 0.4) is 0 Å². The molecular formula is C9H17IOSi. The fourth-order valence-corrected chi connectivity index (χ4v) is 4.40. The highest BCUT2D eigenvalue weighted by Gasteiger charge is 2.37. The van der Waals surface area contributed by atoms with Crippen LogP contribution in [0.1, 0.15) is 20.8 Å².